The molecule has 0 saturated carbocycles. The zero-order valence-electron chi connectivity index (χ0n) is 20.4. The number of methoxy groups -OCH3 is 2. The van der Waals surface area contributed by atoms with Gasteiger partial charge in [0.15, 0.2) is 11.5 Å². The first-order valence-corrected chi connectivity index (χ1v) is 11.6. The van der Waals surface area contributed by atoms with Crippen LogP contribution in [0.3, 0.4) is 0 Å². The lowest BCUT2D eigenvalue weighted by Gasteiger charge is -2.12. The van der Waals surface area contributed by atoms with Gasteiger partial charge in [-0.05, 0) is 48.9 Å². The Balaban J connectivity index is 1.53. The van der Waals surface area contributed by atoms with Crippen LogP contribution in [0.4, 0.5) is 11.4 Å². The number of carbonyl (C=O) groups is 2. The fraction of sp³-hybridized carbons (Fsp3) is 0.346. The fourth-order valence-corrected chi connectivity index (χ4v) is 3.38. The molecule has 0 unspecified atom stereocenters. The number of unbranched alkanes of at least 4 members (excludes halogenated alkanes) is 3. The number of ether oxygens (including phenoxy) is 3. The van der Waals surface area contributed by atoms with E-state index in [1.807, 2.05) is 0 Å². The van der Waals surface area contributed by atoms with E-state index in [0.717, 1.165) is 12.8 Å². The topological polar surface area (TPSA) is 104 Å². The summed E-state index contributed by atoms with van der Waals surface area (Å²) in [7, 11) is 3.13. The van der Waals surface area contributed by atoms with Crippen molar-refractivity contribution in [2.75, 3.05) is 31.5 Å². The molecular weight excluding hydrogens is 448 g/mol. The third-order valence-corrected chi connectivity index (χ3v) is 5.25. The van der Waals surface area contributed by atoms with Gasteiger partial charge >= 0.3 is 0 Å². The molecule has 3 rings (SSSR count). The molecule has 0 spiro atoms. The number of amides is 2. The van der Waals surface area contributed by atoms with Crippen LogP contribution in [-0.4, -0.2) is 42.4 Å². The van der Waals surface area contributed by atoms with E-state index >= 15 is 0 Å². The van der Waals surface area contributed by atoms with Gasteiger partial charge in [-0.2, -0.15) is 5.10 Å². The maximum Gasteiger partial charge on any atom is 0.255 e. The summed E-state index contributed by atoms with van der Waals surface area (Å²) in [5.74, 6) is 1.25. The van der Waals surface area contributed by atoms with Crippen LogP contribution in [0.2, 0.25) is 0 Å². The highest BCUT2D eigenvalue weighted by Crippen LogP contribution is 2.28. The van der Waals surface area contributed by atoms with E-state index in [9.17, 15) is 9.59 Å². The molecule has 1 heterocycles. The Bertz CT molecular complexity index is 1110. The van der Waals surface area contributed by atoms with Crippen molar-refractivity contribution < 1.29 is 23.8 Å². The minimum Gasteiger partial charge on any atom is -0.497 e. The molecule has 0 fully saturated rings. The van der Waals surface area contributed by atoms with Crippen LogP contribution >= 0.6 is 0 Å². The lowest BCUT2D eigenvalue weighted by molar-refractivity contribution is -0.116. The Morgan fingerprint density at radius 1 is 0.914 bits per heavy atom. The van der Waals surface area contributed by atoms with Crippen molar-refractivity contribution in [2.24, 2.45) is 0 Å². The number of aromatic nitrogens is 2. The number of rotatable bonds is 13. The van der Waals surface area contributed by atoms with E-state index in [1.165, 1.54) is 23.7 Å². The third kappa shape index (κ3) is 7.77. The van der Waals surface area contributed by atoms with Gasteiger partial charge < -0.3 is 24.8 Å². The van der Waals surface area contributed by atoms with Crippen LogP contribution in [-0.2, 0) is 11.3 Å². The number of hydrogen-bond donors (Lipinski definition) is 2. The normalized spacial score (nSPS) is 10.5. The molecule has 9 nitrogen and oxygen atoms in total. The van der Waals surface area contributed by atoms with Gasteiger partial charge in [-0.3, -0.25) is 14.3 Å². The highest BCUT2D eigenvalue weighted by molar-refractivity contribution is 6.04. The van der Waals surface area contributed by atoms with E-state index in [-0.39, 0.29) is 18.4 Å². The highest BCUT2D eigenvalue weighted by atomic mass is 16.5. The molecule has 0 radical (unpaired) electrons. The largest absolute Gasteiger partial charge is 0.497 e. The smallest absolute Gasteiger partial charge is 0.255 e. The first kappa shape index (κ1) is 25.6. The average molecular weight is 481 g/mol. The molecule has 0 saturated heterocycles. The average Bonchev–Trinajstić information content (AvgIpc) is 3.30. The Hall–Kier alpha value is -4.01. The van der Waals surface area contributed by atoms with E-state index in [0.29, 0.717) is 40.8 Å². The minimum absolute atomic E-state index is 0.0000143. The monoisotopic (exact) mass is 480 g/mol. The molecule has 2 amide bonds. The molecule has 0 aliphatic heterocycles. The third-order valence-electron chi connectivity index (χ3n) is 5.25. The van der Waals surface area contributed by atoms with Gasteiger partial charge in [0, 0.05) is 17.4 Å². The molecule has 9 heteroatoms. The van der Waals surface area contributed by atoms with Crippen LogP contribution in [0.5, 0.6) is 17.2 Å². The predicted octanol–water partition coefficient (Wildman–Crippen LogP) is 4.75. The summed E-state index contributed by atoms with van der Waals surface area (Å²) in [6.07, 6.45) is 7.53. The Morgan fingerprint density at radius 2 is 1.71 bits per heavy atom. The second kappa shape index (κ2) is 13.0. The van der Waals surface area contributed by atoms with E-state index in [4.69, 9.17) is 14.2 Å². The van der Waals surface area contributed by atoms with Crippen molar-refractivity contribution in [3.05, 3.63) is 60.4 Å². The summed E-state index contributed by atoms with van der Waals surface area (Å²) in [6, 6.07) is 12.1. The Labute approximate surface area is 205 Å². The molecule has 3 aromatic rings. The number of benzene rings is 2. The van der Waals surface area contributed by atoms with Gasteiger partial charge in [0.2, 0.25) is 5.91 Å². The molecular formula is C26H32N4O5. The molecule has 0 aliphatic carbocycles. The summed E-state index contributed by atoms with van der Waals surface area (Å²) in [5.41, 5.74) is 1.55. The quantitative estimate of drug-likeness (QED) is 0.342. The Kier molecular flexibility index (Phi) is 9.53. The molecule has 2 N–H and O–H groups in total. The standard InChI is InChI=1S/C26H32N4O5/c1-4-5-6-7-14-35-23-13-8-19(15-24(23)34-3)26(32)29-21-16-27-30(17-21)18-25(31)28-20-9-11-22(33-2)12-10-20/h8-13,15-17H,4-7,14,18H2,1-3H3,(H,28,31)(H,29,32). The van der Waals surface area contributed by atoms with Gasteiger partial charge in [-0.1, -0.05) is 26.2 Å². The maximum atomic E-state index is 12.7. The van der Waals surface area contributed by atoms with E-state index in [2.05, 4.69) is 22.7 Å². The fourth-order valence-electron chi connectivity index (χ4n) is 3.38. The number of hydrogen-bond acceptors (Lipinski definition) is 6. The van der Waals surface area contributed by atoms with Crippen LogP contribution in [0, 0.1) is 0 Å². The first-order valence-electron chi connectivity index (χ1n) is 11.6. The van der Waals surface area contributed by atoms with Crippen molar-refractivity contribution in [2.45, 2.75) is 39.2 Å². The molecule has 0 atom stereocenters. The minimum atomic E-state index is -0.319. The van der Waals surface area contributed by atoms with Crippen molar-refractivity contribution in [3.8, 4) is 17.2 Å². The van der Waals surface area contributed by atoms with Gasteiger partial charge in [-0.15, -0.1) is 0 Å². The van der Waals surface area contributed by atoms with Crippen LogP contribution < -0.4 is 24.8 Å². The zero-order chi connectivity index (χ0) is 25.0. The van der Waals surface area contributed by atoms with Gasteiger partial charge in [0.05, 0.1) is 32.7 Å². The van der Waals surface area contributed by atoms with Crippen LogP contribution in [0.1, 0.15) is 43.0 Å². The Morgan fingerprint density at radius 3 is 2.43 bits per heavy atom. The number of carbonyl (C=O) groups excluding carboxylic acids is 2. The summed E-state index contributed by atoms with van der Waals surface area (Å²) < 4.78 is 17.8. The SMILES string of the molecule is CCCCCCOc1ccc(C(=O)Nc2cnn(CC(=O)Nc3ccc(OC)cc3)c2)cc1OC. The van der Waals surface area contributed by atoms with E-state index < -0.39 is 0 Å². The van der Waals surface area contributed by atoms with E-state index in [1.54, 1.807) is 62.9 Å². The number of nitrogens with one attached hydrogen (secondary N) is 2. The van der Waals surface area contributed by atoms with Crippen molar-refractivity contribution in [3.63, 3.8) is 0 Å². The zero-order valence-corrected chi connectivity index (χ0v) is 20.4. The predicted molar refractivity (Wildman–Crippen MR) is 134 cm³/mol. The lowest BCUT2D eigenvalue weighted by atomic mass is 10.2. The van der Waals surface area contributed by atoms with Crippen LogP contribution in [0.15, 0.2) is 54.9 Å². The number of anilines is 2. The van der Waals surface area contributed by atoms with Crippen LogP contribution in [0.25, 0.3) is 0 Å². The highest BCUT2D eigenvalue weighted by Gasteiger charge is 2.13. The first-order chi connectivity index (χ1) is 17.0. The van der Waals surface area contributed by atoms with Crippen molar-refractivity contribution in [1.29, 1.82) is 0 Å². The molecule has 0 aliphatic rings. The van der Waals surface area contributed by atoms with Gasteiger partial charge in [0.25, 0.3) is 5.91 Å². The van der Waals surface area contributed by atoms with Crippen molar-refractivity contribution in [1.82, 2.24) is 9.78 Å². The molecule has 2 aromatic carbocycles. The molecule has 1 aromatic heterocycles. The summed E-state index contributed by atoms with van der Waals surface area (Å²) >= 11 is 0. The lowest BCUT2D eigenvalue weighted by Crippen LogP contribution is -2.19. The molecule has 0 bridgehead atoms. The maximum absolute atomic E-state index is 12.7. The second-order valence-corrected chi connectivity index (χ2v) is 7.93. The second-order valence-electron chi connectivity index (χ2n) is 7.93. The summed E-state index contributed by atoms with van der Waals surface area (Å²) in [5, 5.41) is 9.73. The number of nitrogens with zero attached hydrogens (tertiary/aromatic N) is 2. The van der Waals surface area contributed by atoms with Gasteiger partial charge in [-0.25, -0.2) is 0 Å². The molecule has 186 valence electrons. The van der Waals surface area contributed by atoms with Gasteiger partial charge in [0.1, 0.15) is 12.3 Å². The van der Waals surface area contributed by atoms with Crippen molar-refractivity contribution >= 4 is 23.2 Å². The molecule has 35 heavy (non-hydrogen) atoms. The summed E-state index contributed by atoms with van der Waals surface area (Å²) in [4.78, 5) is 25.0. The summed E-state index contributed by atoms with van der Waals surface area (Å²) in [6.45, 7) is 2.77.